The largest absolute Gasteiger partial charge is 0.492 e. The molecule has 1 aromatic carbocycles. The average Bonchev–Trinajstić information content (AvgIpc) is 2.96. The molecule has 0 spiro atoms. The van der Waals surface area contributed by atoms with Crippen LogP contribution in [0.2, 0.25) is 5.02 Å². The Morgan fingerprint density at radius 3 is 2.70 bits per heavy atom. The van der Waals surface area contributed by atoms with Gasteiger partial charge in [-0.25, -0.2) is 0 Å². The fourth-order valence-electron chi connectivity index (χ4n) is 1.96. The smallest absolute Gasteiger partial charge is 0.119 e. The van der Waals surface area contributed by atoms with E-state index in [1.165, 1.54) is 5.56 Å². The van der Waals surface area contributed by atoms with Crippen LogP contribution in [0.4, 0.5) is 0 Å². The van der Waals surface area contributed by atoms with Gasteiger partial charge in [0.15, 0.2) is 0 Å². The molecule has 0 aliphatic heterocycles. The normalized spacial score (nSPS) is 12.3. The van der Waals surface area contributed by atoms with Gasteiger partial charge in [-0.2, -0.15) is 0 Å². The molecule has 1 N–H and O–H groups in total. The molecule has 2 aromatic rings. The molecule has 1 atom stereocenters. The maximum Gasteiger partial charge on any atom is 0.119 e. The summed E-state index contributed by atoms with van der Waals surface area (Å²) in [6.07, 6.45) is 5.47. The van der Waals surface area contributed by atoms with Gasteiger partial charge in [-0.3, -0.25) is 0 Å². The molecule has 2 rings (SSSR count). The topological polar surface area (TPSA) is 34.4 Å². The molecule has 0 saturated carbocycles. The van der Waals surface area contributed by atoms with Crippen LogP contribution in [0.25, 0.3) is 0 Å². The Balaban J connectivity index is 1.87. The summed E-state index contributed by atoms with van der Waals surface area (Å²) in [7, 11) is 0. The van der Waals surface area contributed by atoms with Crippen LogP contribution in [0.15, 0.2) is 47.3 Å². The van der Waals surface area contributed by atoms with Gasteiger partial charge in [-0.1, -0.05) is 18.5 Å². The van der Waals surface area contributed by atoms with E-state index in [1.54, 1.807) is 12.5 Å². The molecule has 1 unspecified atom stereocenters. The van der Waals surface area contributed by atoms with Crippen molar-refractivity contribution in [2.45, 2.75) is 25.8 Å². The third-order valence-electron chi connectivity index (χ3n) is 3.01. The zero-order valence-corrected chi connectivity index (χ0v) is 12.4. The summed E-state index contributed by atoms with van der Waals surface area (Å²) in [6, 6.07) is 9.70. The van der Waals surface area contributed by atoms with Crippen molar-refractivity contribution < 1.29 is 9.15 Å². The van der Waals surface area contributed by atoms with Crippen LogP contribution in [0.5, 0.6) is 5.75 Å². The van der Waals surface area contributed by atoms with Crippen molar-refractivity contribution >= 4 is 11.6 Å². The van der Waals surface area contributed by atoms with Crippen LogP contribution in [0.1, 0.15) is 18.9 Å². The highest BCUT2D eigenvalue weighted by Crippen LogP contribution is 2.16. The summed E-state index contributed by atoms with van der Waals surface area (Å²) in [4.78, 5) is 0. The van der Waals surface area contributed by atoms with Crippen molar-refractivity contribution in [1.82, 2.24) is 5.32 Å². The first kappa shape index (κ1) is 14.9. The van der Waals surface area contributed by atoms with E-state index < -0.39 is 0 Å². The molecule has 0 radical (unpaired) electrons. The Morgan fingerprint density at radius 1 is 1.25 bits per heavy atom. The zero-order chi connectivity index (χ0) is 14.2. The first-order chi connectivity index (χ1) is 9.78. The van der Waals surface area contributed by atoms with Crippen molar-refractivity contribution in [3.63, 3.8) is 0 Å². The Morgan fingerprint density at radius 2 is 2.05 bits per heavy atom. The van der Waals surface area contributed by atoms with Crippen LogP contribution in [-0.4, -0.2) is 19.2 Å². The number of hydrogen-bond acceptors (Lipinski definition) is 3. The minimum absolute atomic E-state index is 0.267. The van der Waals surface area contributed by atoms with Gasteiger partial charge in [-0.15, -0.1) is 0 Å². The van der Waals surface area contributed by atoms with Crippen molar-refractivity contribution in [2.75, 3.05) is 13.2 Å². The summed E-state index contributed by atoms with van der Waals surface area (Å²) >= 11 is 5.86. The first-order valence-electron chi connectivity index (χ1n) is 6.90. The standard InChI is InChI=1S/C16H20ClNO2/c1-2-8-18-15(10-13-7-9-19-11-13)12-20-16-5-3-14(17)4-6-16/h3-7,9,11,15,18H,2,8,10,12H2,1H3. The molecule has 0 fully saturated rings. The lowest BCUT2D eigenvalue weighted by Gasteiger charge is -2.18. The van der Waals surface area contributed by atoms with Crippen LogP contribution in [0.3, 0.4) is 0 Å². The highest BCUT2D eigenvalue weighted by atomic mass is 35.5. The molecule has 1 aromatic heterocycles. The monoisotopic (exact) mass is 293 g/mol. The van der Waals surface area contributed by atoms with E-state index in [0.717, 1.165) is 30.2 Å². The molecule has 4 heteroatoms. The predicted molar refractivity (Wildman–Crippen MR) is 81.4 cm³/mol. The summed E-state index contributed by atoms with van der Waals surface area (Å²) in [6.45, 7) is 3.75. The molecule has 3 nitrogen and oxygen atoms in total. The minimum Gasteiger partial charge on any atom is -0.492 e. The Bertz CT molecular complexity index is 482. The quantitative estimate of drug-likeness (QED) is 0.801. The summed E-state index contributed by atoms with van der Waals surface area (Å²) in [5.41, 5.74) is 1.18. The lowest BCUT2D eigenvalue weighted by Crippen LogP contribution is -2.37. The molecule has 0 amide bonds. The van der Waals surface area contributed by atoms with Crippen LogP contribution < -0.4 is 10.1 Å². The van der Waals surface area contributed by atoms with Gasteiger partial charge >= 0.3 is 0 Å². The van der Waals surface area contributed by atoms with E-state index in [-0.39, 0.29) is 6.04 Å². The average molecular weight is 294 g/mol. The molecular weight excluding hydrogens is 274 g/mol. The fraction of sp³-hybridized carbons (Fsp3) is 0.375. The molecule has 0 saturated heterocycles. The van der Waals surface area contributed by atoms with E-state index in [0.29, 0.717) is 6.61 Å². The SMILES string of the molecule is CCCNC(COc1ccc(Cl)cc1)Cc1ccoc1. The van der Waals surface area contributed by atoms with Crippen molar-refractivity contribution in [1.29, 1.82) is 0 Å². The number of halogens is 1. The first-order valence-corrected chi connectivity index (χ1v) is 7.28. The van der Waals surface area contributed by atoms with Gasteiger partial charge in [0, 0.05) is 11.1 Å². The molecule has 108 valence electrons. The molecular formula is C16H20ClNO2. The molecule has 0 aliphatic carbocycles. The second-order valence-corrected chi connectivity index (χ2v) is 5.19. The number of furan rings is 1. The second kappa shape index (κ2) is 7.98. The van der Waals surface area contributed by atoms with E-state index in [1.807, 2.05) is 30.3 Å². The molecule has 0 aliphatic rings. The Hall–Kier alpha value is -1.45. The molecule has 0 bridgehead atoms. The lowest BCUT2D eigenvalue weighted by atomic mass is 10.1. The highest BCUT2D eigenvalue weighted by molar-refractivity contribution is 6.30. The number of benzene rings is 1. The third kappa shape index (κ3) is 4.91. The van der Waals surface area contributed by atoms with Gasteiger partial charge < -0.3 is 14.5 Å². The zero-order valence-electron chi connectivity index (χ0n) is 11.6. The van der Waals surface area contributed by atoms with Crippen molar-refractivity contribution in [2.24, 2.45) is 0 Å². The lowest BCUT2D eigenvalue weighted by molar-refractivity contribution is 0.263. The molecule has 1 heterocycles. The van der Waals surface area contributed by atoms with E-state index in [9.17, 15) is 0 Å². The van der Waals surface area contributed by atoms with Crippen molar-refractivity contribution in [3.05, 3.63) is 53.4 Å². The summed E-state index contributed by atoms with van der Waals surface area (Å²) < 4.78 is 10.9. The van der Waals surface area contributed by atoms with Crippen LogP contribution in [-0.2, 0) is 6.42 Å². The second-order valence-electron chi connectivity index (χ2n) is 4.75. The van der Waals surface area contributed by atoms with Crippen molar-refractivity contribution in [3.8, 4) is 5.75 Å². The fourth-order valence-corrected chi connectivity index (χ4v) is 2.09. The van der Waals surface area contributed by atoms with E-state index in [4.69, 9.17) is 20.8 Å². The van der Waals surface area contributed by atoms with Crippen LogP contribution >= 0.6 is 11.6 Å². The highest BCUT2D eigenvalue weighted by Gasteiger charge is 2.10. The summed E-state index contributed by atoms with van der Waals surface area (Å²) in [5, 5.41) is 4.22. The minimum atomic E-state index is 0.267. The van der Waals surface area contributed by atoms with Gasteiger partial charge in [0.1, 0.15) is 12.4 Å². The number of hydrogen-bond donors (Lipinski definition) is 1. The summed E-state index contributed by atoms with van der Waals surface area (Å²) in [5.74, 6) is 0.838. The van der Waals surface area contributed by atoms with Gasteiger partial charge in [0.05, 0.1) is 12.5 Å². The maximum absolute atomic E-state index is 5.86. The van der Waals surface area contributed by atoms with Crippen LogP contribution in [0, 0.1) is 0 Å². The molecule has 20 heavy (non-hydrogen) atoms. The number of ether oxygens (including phenoxy) is 1. The maximum atomic E-state index is 5.86. The van der Waals surface area contributed by atoms with Gasteiger partial charge in [-0.05, 0) is 55.3 Å². The predicted octanol–water partition coefficient (Wildman–Crippen LogP) is 3.92. The van der Waals surface area contributed by atoms with E-state index >= 15 is 0 Å². The Kier molecular flexibility index (Phi) is 5.96. The van der Waals surface area contributed by atoms with Gasteiger partial charge in [0.25, 0.3) is 0 Å². The van der Waals surface area contributed by atoms with E-state index in [2.05, 4.69) is 12.2 Å². The Labute approximate surface area is 124 Å². The van der Waals surface area contributed by atoms with Gasteiger partial charge in [0.2, 0.25) is 0 Å². The third-order valence-corrected chi connectivity index (χ3v) is 3.26. The number of rotatable bonds is 8. The number of nitrogens with one attached hydrogen (secondary N) is 1.